The molecule has 244 valence electrons. The van der Waals surface area contributed by atoms with Crippen LogP contribution >= 0.6 is 0 Å². The molecule has 12 rings (SSSR count). The minimum absolute atomic E-state index is 0.374. The highest BCUT2D eigenvalue weighted by molar-refractivity contribution is 6.26. The van der Waals surface area contributed by atoms with Gasteiger partial charge >= 0.3 is 0 Å². The fourth-order valence-corrected chi connectivity index (χ4v) is 10.1. The minimum Gasteiger partial charge on any atom is -0.0619 e. The van der Waals surface area contributed by atoms with E-state index in [9.17, 15) is 0 Å². The van der Waals surface area contributed by atoms with Gasteiger partial charge in [-0.25, -0.2) is 0 Å². The number of hydrogen-bond acceptors (Lipinski definition) is 0. The average Bonchev–Trinajstić information content (AvgIpc) is 3.70. The first-order chi connectivity index (χ1) is 26.3. The van der Waals surface area contributed by atoms with Gasteiger partial charge in [-0.2, -0.15) is 0 Å². The van der Waals surface area contributed by atoms with Gasteiger partial charge in [-0.15, -0.1) is 0 Å². The van der Waals surface area contributed by atoms with E-state index in [1.54, 1.807) is 0 Å². The maximum atomic E-state index is 2.52. The molecule has 0 atom stereocenters. The second-order valence-electron chi connectivity index (χ2n) is 14.7. The Morgan fingerprint density at radius 2 is 0.679 bits per heavy atom. The third-order valence-corrected chi connectivity index (χ3v) is 12.2. The summed E-state index contributed by atoms with van der Waals surface area (Å²) >= 11 is 0. The molecule has 0 saturated carbocycles. The Morgan fingerprint density at radius 3 is 1.26 bits per heavy atom. The summed E-state index contributed by atoms with van der Waals surface area (Å²) in [5.74, 6) is 0. The van der Waals surface area contributed by atoms with E-state index in [4.69, 9.17) is 0 Å². The van der Waals surface area contributed by atoms with E-state index < -0.39 is 0 Å². The van der Waals surface area contributed by atoms with E-state index in [0.717, 1.165) is 0 Å². The molecule has 0 nitrogen and oxygen atoms in total. The van der Waals surface area contributed by atoms with Crippen LogP contribution in [0.3, 0.4) is 0 Å². The van der Waals surface area contributed by atoms with Gasteiger partial charge in [0.15, 0.2) is 0 Å². The SMILES string of the molecule is c1ccc2c(c1)-c1ccccc1C21c2ccccc2-c2ccc(-c3cc4cc(-c5ccc6ccccc6c5)c5ccccc5c4c4ccccc34)cc21. The van der Waals surface area contributed by atoms with E-state index in [1.807, 2.05) is 0 Å². The zero-order chi connectivity index (χ0) is 34.7. The summed E-state index contributed by atoms with van der Waals surface area (Å²) in [7, 11) is 0. The van der Waals surface area contributed by atoms with Crippen LogP contribution in [-0.4, -0.2) is 0 Å². The van der Waals surface area contributed by atoms with Gasteiger partial charge in [0.1, 0.15) is 0 Å². The van der Waals surface area contributed by atoms with Crippen molar-refractivity contribution in [2.45, 2.75) is 5.41 Å². The van der Waals surface area contributed by atoms with Crippen LogP contribution in [0.5, 0.6) is 0 Å². The maximum Gasteiger partial charge on any atom is 0.0725 e. The molecule has 0 aromatic heterocycles. The molecular formula is C53H32. The fraction of sp³-hybridized carbons (Fsp3) is 0.0189. The van der Waals surface area contributed by atoms with E-state index in [2.05, 4.69) is 194 Å². The second-order valence-corrected chi connectivity index (χ2v) is 14.7. The van der Waals surface area contributed by atoms with Gasteiger partial charge in [0.2, 0.25) is 0 Å². The number of fused-ring (bicyclic) bond motifs is 16. The summed E-state index contributed by atoms with van der Waals surface area (Å²) in [4.78, 5) is 0. The predicted octanol–water partition coefficient (Wildman–Crippen LogP) is 14.0. The third-order valence-electron chi connectivity index (χ3n) is 12.2. The first-order valence-corrected chi connectivity index (χ1v) is 18.6. The van der Waals surface area contributed by atoms with Gasteiger partial charge in [-0.05, 0) is 134 Å². The fourth-order valence-electron chi connectivity index (χ4n) is 10.1. The summed E-state index contributed by atoms with van der Waals surface area (Å²) in [5, 5.41) is 10.2. The number of hydrogen-bond donors (Lipinski definition) is 0. The molecule has 0 unspecified atom stereocenters. The van der Waals surface area contributed by atoms with Gasteiger partial charge in [-0.3, -0.25) is 0 Å². The molecule has 2 aliphatic rings. The van der Waals surface area contributed by atoms with E-state index in [1.165, 1.54) is 110 Å². The Morgan fingerprint density at radius 1 is 0.245 bits per heavy atom. The monoisotopic (exact) mass is 668 g/mol. The summed E-state index contributed by atoms with van der Waals surface area (Å²) < 4.78 is 0. The van der Waals surface area contributed by atoms with Crippen molar-refractivity contribution in [3.63, 3.8) is 0 Å². The van der Waals surface area contributed by atoms with Gasteiger partial charge in [0.05, 0.1) is 5.41 Å². The second kappa shape index (κ2) is 10.6. The zero-order valence-electron chi connectivity index (χ0n) is 29.0. The van der Waals surface area contributed by atoms with Crippen molar-refractivity contribution in [1.82, 2.24) is 0 Å². The smallest absolute Gasteiger partial charge is 0.0619 e. The lowest BCUT2D eigenvalue weighted by molar-refractivity contribution is 0.794. The highest BCUT2D eigenvalue weighted by Crippen LogP contribution is 2.63. The predicted molar refractivity (Wildman–Crippen MR) is 224 cm³/mol. The van der Waals surface area contributed by atoms with E-state index >= 15 is 0 Å². The van der Waals surface area contributed by atoms with Crippen LogP contribution < -0.4 is 0 Å². The lowest BCUT2D eigenvalue weighted by Crippen LogP contribution is -2.25. The van der Waals surface area contributed by atoms with Crippen LogP contribution in [-0.2, 0) is 5.41 Å². The highest BCUT2D eigenvalue weighted by Gasteiger charge is 2.51. The highest BCUT2D eigenvalue weighted by atomic mass is 14.5. The molecule has 0 saturated heterocycles. The summed E-state index contributed by atoms with van der Waals surface area (Å²) in [6.07, 6.45) is 0. The molecule has 10 aromatic carbocycles. The Kier molecular flexibility index (Phi) is 5.80. The van der Waals surface area contributed by atoms with Gasteiger partial charge in [-0.1, -0.05) is 170 Å². The molecule has 0 aliphatic heterocycles. The molecular weight excluding hydrogens is 637 g/mol. The lowest BCUT2D eigenvalue weighted by atomic mass is 9.70. The Labute approximate surface area is 308 Å². The summed E-state index contributed by atoms with van der Waals surface area (Å²) in [5.41, 5.74) is 15.5. The van der Waals surface area contributed by atoms with E-state index in [-0.39, 0.29) is 5.41 Å². The Balaban J connectivity index is 1.16. The summed E-state index contributed by atoms with van der Waals surface area (Å²) in [6.45, 7) is 0. The molecule has 0 amide bonds. The standard InChI is InChI=1S/C53H32/c1-2-14-34-29-35(26-25-33(34)13-1)46-30-37-31-47(39-16-4-6-21-45(39)52(37)44-20-5-3-15-38(44)46)36-27-28-43-42-19-9-12-24-50(42)53(51(43)32-36)48-22-10-7-17-40(48)41-18-8-11-23-49(41)53/h1-32H. The van der Waals surface area contributed by atoms with Crippen LogP contribution in [0.15, 0.2) is 194 Å². The Hall–Kier alpha value is -6.76. The average molecular weight is 669 g/mol. The molecule has 0 fully saturated rings. The van der Waals surface area contributed by atoms with Crippen molar-refractivity contribution in [2.75, 3.05) is 0 Å². The topological polar surface area (TPSA) is 0 Å². The van der Waals surface area contributed by atoms with Crippen molar-refractivity contribution >= 4 is 43.1 Å². The van der Waals surface area contributed by atoms with Crippen LogP contribution in [0, 0.1) is 0 Å². The van der Waals surface area contributed by atoms with Crippen LogP contribution in [0.25, 0.3) is 87.6 Å². The molecule has 0 heteroatoms. The van der Waals surface area contributed by atoms with Crippen LogP contribution in [0.4, 0.5) is 0 Å². The lowest BCUT2D eigenvalue weighted by Gasteiger charge is -2.30. The number of benzene rings is 10. The minimum atomic E-state index is -0.374. The quantitative estimate of drug-likeness (QED) is 0.161. The molecule has 2 aliphatic carbocycles. The van der Waals surface area contributed by atoms with Crippen molar-refractivity contribution in [1.29, 1.82) is 0 Å². The van der Waals surface area contributed by atoms with Crippen molar-refractivity contribution in [3.8, 4) is 44.5 Å². The van der Waals surface area contributed by atoms with Gasteiger partial charge in [0, 0.05) is 0 Å². The van der Waals surface area contributed by atoms with Crippen molar-refractivity contribution in [3.05, 3.63) is 216 Å². The molecule has 0 radical (unpaired) electrons. The van der Waals surface area contributed by atoms with Crippen LogP contribution in [0.1, 0.15) is 22.3 Å². The van der Waals surface area contributed by atoms with Crippen molar-refractivity contribution < 1.29 is 0 Å². The normalized spacial score (nSPS) is 13.4. The van der Waals surface area contributed by atoms with Crippen LogP contribution in [0.2, 0.25) is 0 Å². The largest absolute Gasteiger partial charge is 0.0725 e. The maximum absolute atomic E-state index is 2.52. The Bertz CT molecular complexity index is 3110. The number of rotatable bonds is 2. The van der Waals surface area contributed by atoms with Gasteiger partial charge in [0.25, 0.3) is 0 Å². The van der Waals surface area contributed by atoms with Gasteiger partial charge < -0.3 is 0 Å². The van der Waals surface area contributed by atoms with E-state index in [0.29, 0.717) is 0 Å². The first-order valence-electron chi connectivity index (χ1n) is 18.6. The molecule has 1 spiro atoms. The zero-order valence-corrected chi connectivity index (χ0v) is 29.0. The van der Waals surface area contributed by atoms with Crippen molar-refractivity contribution in [2.24, 2.45) is 0 Å². The molecule has 0 heterocycles. The molecule has 10 aromatic rings. The summed E-state index contributed by atoms with van der Waals surface area (Å²) in [6, 6.07) is 72.9. The third kappa shape index (κ3) is 3.80. The first kappa shape index (κ1) is 28.9. The molecule has 53 heavy (non-hydrogen) atoms. The molecule has 0 N–H and O–H groups in total. The molecule has 0 bridgehead atoms.